The van der Waals surface area contributed by atoms with E-state index in [0.717, 1.165) is 32.2 Å². The van der Waals surface area contributed by atoms with E-state index in [1.165, 1.54) is 0 Å². The highest BCUT2D eigenvalue weighted by molar-refractivity contribution is 5.84. The molecule has 1 saturated heterocycles. The Balaban J connectivity index is 2.40. The van der Waals surface area contributed by atoms with E-state index in [9.17, 15) is 9.59 Å². The Morgan fingerprint density at radius 1 is 1.41 bits per heavy atom. The van der Waals surface area contributed by atoms with Gasteiger partial charge in [0.2, 0.25) is 11.8 Å². The predicted molar refractivity (Wildman–Crippen MR) is 66.4 cm³/mol. The molecule has 2 N–H and O–H groups in total. The van der Waals surface area contributed by atoms with Crippen LogP contribution in [0.15, 0.2) is 0 Å². The number of nitrogens with zero attached hydrogens (tertiary/aromatic N) is 2. The van der Waals surface area contributed by atoms with Gasteiger partial charge < -0.3 is 15.5 Å². The molecule has 1 aliphatic heterocycles. The van der Waals surface area contributed by atoms with Gasteiger partial charge in [-0.05, 0) is 25.8 Å². The Hall–Kier alpha value is -1.10. The third kappa shape index (κ3) is 4.73. The summed E-state index contributed by atoms with van der Waals surface area (Å²) in [5.41, 5.74) is 5.40. The molecule has 5 nitrogen and oxygen atoms in total. The topological polar surface area (TPSA) is 66.6 Å². The molecule has 0 bridgehead atoms. The molecular weight excluding hydrogens is 218 g/mol. The Kier molecular flexibility index (Phi) is 5.97. The number of hydrogen-bond acceptors (Lipinski definition) is 3. The average molecular weight is 241 g/mol. The molecule has 17 heavy (non-hydrogen) atoms. The monoisotopic (exact) mass is 241 g/mol. The summed E-state index contributed by atoms with van der Waals surface area (Å²) in [5, 5.41) is 0. The molecule has 0 aromatic carbocycles. The third-order valence-electron chi connectivity index (χ3n) is 3.12. The smallest absolute Gasteiger partial charge is 0.241 e. The number of amides is 2. The van der Waals surface area contributed by atoms with Crippen LogP contribution < -0.4 is 5.73 Å². The fourth-order valence-corrected chi connectivity index (χ4v) is 1.94. The van der Waals surface area contributed by atoms with Crippen molar-refractivity contribution in [3.05, 3.63) is 0 Å². The number of likely N-dealkylation sites (tertiary alicyclic amines) is 1. The molecule has 0 aromatic rings. The molecule has 0 spiro atoms. The zero-order chi connectivity index (χ0) is 12.7. The minimum absolute atomic E-state index is 0.00806. The van der Waals surface area contributed by atoms with Crippen molar-refractivity contribution in [1.29, 1.82) is 0 Å². The zero-order valence-corrected chi connectivity index (χ0v) is 10.7. The maximum Gasteiger partial charge on any atom is 0.241 e. The van der Waals surface area contributed by atoms with E-state index < -0.39 is 0 Å². The van der Waals surface area contributed by atoms with Crippen LogP contribution in [0.5, 0.6) is 0 Å². The van der Waals surface area contributed by atoms with Crippen molar-refractivity contribution >= 4 is 11.8 Å². The van der Waals surface area contributed by atoms with Gasteiger partial charge in [-0.2, -0.15) is 0 Å². The van der Waals surface area contributed by atoms with Gasteiger partial charge in [0.1, 0.15) is 0 Å². The molecule has 98 valence electrons. The highest BCUT2D eigenvalue weighted by Gasteiger charge is 2.20. The van der Waals surface area contributed by atoms with E-state index in [0.29, 0.717) is 19.5 Å². The van der Waals surface area contributed by atoms with Crippen molar-refractivity contribution in [2.75, 3.05) is 33.2 Å². The van der Waals surface area contributed by atoms with E-state index in [-0.39, 0.29) is 18.4 Å². The molecule has 1 fully saturated rings. The van der Waals surface area contributed by atoms with E-state index in [2.05, 4.69) is 0 Å². The number of nitrogens with two attached hydrogens (primary N) is 1. The quantitative estimate of drug-likeness (QED) is 0.747. The number of hydrogen-bond donors (Lipinski definition) is 1. The Labute approximate surface area is 103 Å². The summed E-state index contributed by atoms with van der Waals surface area (Å²) in [5.74, 6) is 0.122. The van der Waals surface area contributed by atoms with Crippen LogP contribution in [0.2, 0.25) is 0 Å². The molecule has 1 aliphatic rings. The summed E-state index contributed by atoms with van der Waals surface area (Å²) >= 11 is 0. The first-order valence-corrected chi connectivity index (χ1v) is 6.37. The third-order valence-corrected chi connectivity index (χ3v) is 3.12. The molecule has 1 rings (SSSR count). The van der Waals surface area contributed by atoms with Gasteiger partial charge in [-0.1, -0.05) is 6.42 Å². The Morgan fingerprint density at radius 3 is 2.88 bits per heavy atom. The summed E-state index contributed by atoms with van der Waals surface area (Å²) in [6.45, 7) is 2.19. The van der Waals surface area contributed by atoms with Crippen molar-refractivity contribution in [3.8, 4) is 0 Å². The number of carbonyl (C=O) groups is 2. The van der Waals surface area contributed by atoms with E-state index in [4.69, 9.17) is 5.73 Å². The molecule has 0 aromatic heterocycles. The van der Waals surface area contributed by atoms with Crippen LogP contribution >= 0.6 is 0 Å². The molecule has 5 heteroatoms. The van der Waals surface area contributed by atoms with Gasteiger partial charge in [0.25, 0.3) is 0 Å². The second kappa shape index (κ2) is 7.27. The van der Waals surface area contributed by atoms with E-state index >= 15 is 0 Å². The van der Waals surface area contributed by atoms with Gasteiger partial charge in [-0.3, -0.25) is 9.59 Å². The predicted octanol–water partition coefficient (Wildman–Crippen LogP) is 0.196. The highest BCUT2D eigenvalue weighted by Crippen LogP contribution is 2.11. The summed E-state index contributed by atoms with van der Waals surface area (Å²) in [7, 11) is 1.76. The fourth-order valence-electron chi connectivity index (χ4n) is 1.94. The second-order valence-electron chi connectivity index (χ2n) is 4.58. The Bertz CT molecular complexity index is 268. The van der Waals surface area contributed by atoms with Gasteiger partial charge in [0.05, 0.1) is 6.54 Å². The van der Waals surface area contributed by atoms with Crippen molar-refractivity contribution in [2.45, 2.75) is 32.1 Å². The average Bonchev–Trinajstić information content (AvgIpc) is 2.52. The van der Waals surface area contributed by atoms with Crippen LogP contribution in [0.25, 0.3) is 0 Å². The summed E-state index contributed by atoms with van der Waals surface area (Å²) in [4.78, 5) is 26.9. The normalized spacial score (nSPS) is 16.8. The first-order chi connectivity index (χ1) is 8.15. The van der Waals surface area contributed by atoms with Crippen LogP contribution in [-0.4, -0.2) is 54.8 Å². The Morgan fingerprint density at radius 2 is 2.18 bits per heavy atom. The molecule has 2 amide bonds. The van der Waals surface area contributed by atoms with Gasteiger partial charge in [0.15, 0.2) is 0 Å². The van der Waals surface area contributed by atoms with Crippen LogP contribution in [0, 0.1) is 0 Å². The minimum atomic E-state index is 0.00806. The SMILES string of the molecule is CN(CCCN)C(=O)CN1CCCCCC1=O. The first-order valence-electron chi connectivity index (χ1n) is 6.37. The van der Waals surface area contributed by atoms with Crippen molar-refractivity contribution < 1.29 is 9.59 Å². The molecular formula is C12H23N3O2. The first kappa shape index (κ1) is 14.0. The van der Waals surface area contributed by atoms with Crippen LogP contribution in [0.4, 0.5) is 0 Å². The van der Waals surface area contributed by atoms with Crippen molar-refractivity contribution in [3.63, 3.8) is 0 Å². The zero-order valence-electron chi connectivity index (χ0n) is 10.7. The molecule has 0 atom stereocenters. The van der Waals surface area contributed by atoms with Crippen molar-refractivity contribution in [2.24, 2.45) is 5.73 Å². The second-order valence-corrected chi connectivity index (χ2v) is 4.58. The number of rotatable bonds is 5. The van der Waals surface area contributed by atoms with Crippen LogP contribution in [0.1, 0.15) is 32.1 Å². The number of carbonyl (C=O) groups excluding carboxylic acids is 2. The summed E-state index contributed by atoms with van der Waals surface area (Å²) in [6.07, 6.45) is 4.42. The molecule has 0 saturated carbocycles. The van der Waals surface area contributed by atoms with Gasteiger partial charge in [0, 0.05) is 26.6 Å². The van der Waals surface area contributed by atoms with Gasteiger partial charge in [-0.25, -0.2) is 0 Å². The minimum Gasteiger partial charge on any atom is -0.344 e. The lowest BCUT2D eigenvalue weighted by atomic mass is 10.2. The summed E-state index contributed by atoms with van der Waals surface area (Å²) in [6, 6.07) is 0. The highest BCUT2D eigenvalue weighted by atomic mass is 16.2. The van der Waals surface area contributed by atoms with Gasteiger partial charge in [-0.15, -0.1) is 0 Å². The largest absolute Gasteiger partial charge is 0.344 e. The maximum absolute atomic E-state index is 11.9. The molecule has 0 radical (unpaired) electrons. The van der Waals surface area contributed by atoms with Gasteiger partial charge >= 0.3 is 0 Å². The lowest BCUT2D eigenvalue weighted by Gasteiger charge is -2.24. The van der Waals surface area contributed by atoms with Crippen molar-refractivity contribution in [1.82, 2.24) is 9.80 Å². The number of likely N-dealkylation sites (N-methyl/N-ethyl adjacent to an activating group) is 1. The maximum atomic E-state index is 11.9. The molecule has 0 unspecified atom stereocenters. The van der Waals surface area contributed by atoms with E-state index in [1.807, 2.05) is 0 Å². The standard InChI is InChI=1S/C12H23N3O2/c1-14(8-5-7-13)12(17)10-15-9-4-2-3-6-11(15)16/h2-10,13H2,1H3. The summed E-state index contributed by atoms with van der Waals surface area (Å²) < 4.78 is 0. The molecule has 1 heterocycles. The van der Waals surface area contributed by atoms with Crippen LogP contribution in [0.3, 0.4) is 0 Å². The lowest BCUT2D eigenvalue weighted by Crippen LogP contribution is -2.41. The molecule has 0 aliphatic carbocycles. The van der Waals surface area contributed by atoms with E-state index in [1.54, 1.807) is 16.8 Å². The fraction of sp³-hybridized carbons (Fsp3) is 0.833. The lowest BCUT2D eigenvalue weighted by molar-refractivity contribution is -0.139. The van der Waals surface area contributed by atoms with Crippen LogP contribution in [-0.2, 0) is 9.59 Å².